The number of rotatable bonds is 7. The van der Waals surface area contributed by atoms with Crippen LogP contribution in [0.15, 0.2) is 24.3 Å². The van der Waals surface area contributed by atoms with Crippen LogP contribution < -0.4 is 5.32 Å². The van der Waals surface area contributed by atoms with Crippen LogP contribution in [0.4, 0.5) is 4.79 Å². The van der Waals surface area contributed by atoms with Crippen LogP contribution >= 0.6 is 11.6 Å². The van der Waals surface area contributed by atoms with Gasteiger partial charge >= 0.3 is 12.1 Å². The Morgan fingerprint density at radius 2 is 1.87 bits per heavy atom. The molecule has 1 fully saturated rings. The van der Waals surface area contributed by atoms with Crippen molar-refractivity contribution in [3.05, 3.63) is 34.9 Å². The second kappa shape index (κ2) is 10.6. The summed E-state index contributed by atoms with van der Waals surface area (Å²) >= 11 is 6.38. The number of amides is 2. The molecule has 1 aliphatic rings. The van der Waals surface area contributed by atoms with Gasteiger partial charge in [-0.25, -0.2) is 9.59 Å². The summed E-state index contributed by atoms with van der Waals surface area (Å²) < 4.78 is 10.2. The smallest absolute Gasteiger partial charge is 0.413 e. The predicted octanol–water partition coefficient (Wildman–Crippen LogP) is 3.41. The van der Waals surface area contributed by atoms with Gasteiger partial charge in [0.05, 0.1) is 0 Å². The second-order valence-electron chi connectivity index (χ2n) is 7.94. The van der Waals surface area contributed by atoms with Crippen LogP contribution in [-0.4, -0.2) is 48.5 Å². The van der Waals surface area contributed by atoms with Gasteiger partial charge in [-0.1, -0.05) is 43.6 Å². The second-order valence-corrected chi connectivity index (χ2v) is 8.35. The average Bonchev–Trinajstić information content (AvgIpc) is 2.72. The Morgan fingerprint density at radius 1 is 1.19 bits per heavy atom. The molecule has 0 heterocycles. The SMILES string of the molecule is CC(=O)NC(C(=O)OCOC(=O)N(C)[C@]1(c2ccccc2Cl)CCCCC1=O)C(C)C. The monoisotopic (exact) mass is 452 g/mol. The van der Waals surface area contributed by atoms with E-state index in [1.54, 1.807) is 38.1 Å². The van der Waals surface area contributed by atoms with E-state index in [-0.39, 0.29) is 17.6 Å². The van der Waals surface area contributed by atoms with Crippen molar-refractivity contribution in [3.63, 3.8) is 0 Å². The standard InChI is InChI=1S/C22H29ClN2O6/c1-14(2)19(24-15(3)26)20(28)30-13-31-21(29)25(4)22(12-8-7-11-18(22)27)16-9-5-6-10-17(16)23/h5-6,9-10,14,19H,7-8,11-13H2,1-4H3,(H,24,26)/t19?,22-/m0/s1. The van der Waals surface area contributed by atoms with E-state index in [4.69, 9.17) is 21.1 Å². The molecule has 2 rings (SSSR count). The van der Waals surface area contributed by atoms with Crippen molar-refractivity contribution in [1.29, 1.82) is 0 Å². The summed E-state index contributed by atoms with van der Waals surface area (Å²) in [7, 11) is 1.48. The van der Waals surface area contributed by atoms with Crippen molar-refractivity contribution in [1.82, 2.24) is 10.2 Å². The highest BCUT2D eigenvalue weighted by Gasteiger charge is 2.48. The van der Waals surface area contributed by atoms with Crippen LogP contribution in [0.1, 0.15) is 52.0 Å². The van der Waals surface area contributed by atoms with Gasteiger partial charge in [0.15, 0.2) is 5.78 Å². The first-order valence-corrected chi connectivity index (χ1v) is 10.6. The normalized spacial score (nSPS) is 19.5. The highest BCUT2D eigenvalue weighted by molar-refractivity contribution is 6.31. The minimum Gasteiger partial charge on any atom is -0.426 e. The van der Waals surface area contributed by atoms with E-state index < -0.39 is 30.4 Å². The topological polar surface area (TPSA) is 102 Å². The third-order valence-electron chi connectivity index (χ3n) is 5.48. The van der Waals surface area contributed by atoms with E-state index in [2.05, 4.69) is 5.32 Å². The molecule has 1 aromatic rings. The van der Waals surface area contributed by atoms with Crippen molar-refractivity contribution < 1.29 is 28.7 Å². The molecule has 8 nitrogen and oxygen atoms in total. The Balaban J connectivity index is 2.12. The maximum atomic E-state index is 13.0. The molecule has 2 atom stereocenters. The summed E-state index contributed by atoms with van der Waals surface area (Å²) in [4.78, 5) is 50.6. The molecule has 0 saturated heterocycles. The zero-order chi connectivity index (χ0) is 23.2. The number of benzene rings is 1. The fourth-order valence-electron chi connectivity index (χ4n) is 3.83. The molecule has 1 aliphatic carbocycles. The summed E-state index contributed by atoms with van der Waals surface area (Å²) in [6.45, 7) is 4.16. The number of esters is 1. The Hall–Kier alpha value is -2.61. The molecule has 0 radical (unpaired) electrons. The van der Waals surface area contributed by atoms with Crippen LogP contribution in [0.3, 0.4) is 0 Å². The third-order valence-corrected chi connectivity index (χ3v) is 5.81. The number of ketones is 1. The summed E-state index contributed by atoms with van der Waals surface area (Å²) in [5.74, 6) is -1.41. The Labute approximate surface area is 187 Å². The molecule has 1 aromatic carbocycles. The zero-order valence-corrected chi connectivity index (χ0v) is 19.0. The molecule has 31 heavy (non-hydrogen) atoms. The molecule has 0 aliphatic heterocycles. The van der Waals surface area contributed by atoms with Crippen LogP contribution in [0.5, 0.6) is 0 Å². The Bertz CT molecular complexity index is 843. The van der Waals surface area contributed by atoms with Gasteiger partial charge in [-0.05, 0) is 31.2 Å². The minimum atomic E-state index is -1.24. The largest absolute Gasteiger partial charge is 0.426 e. The van der Waals surface area contributed by atoms with E-state index in [1.807, 2.05) is 0 Å². The molecular weight excluding hydrogens is 424 g/mol. The van der Waals surface area contributed by atoms with E-state index in [0.29, 0.717) is 23.4 Å². The molecule has 1 saturated carbocycles. The van der Waals surface area contributed by atoms with Gasteiger partial charge in [-0.3, -0.25) is 14.5 Å². The Kier molecular flexibility index (Phi) is 8.44. The van der Waals surface area contributed by atoms with Crippen LogP contribution in [0, 0.1) is 5.92 Å². The number of halogens is 1. The van der Waals surface area contributed by atoms with Crippen molar-refractivity contribution in [2.24, 2.45) is 5.92 Å². The lowest BCUT2D eigenvalue weighted by molar-refractivity contribution is -0.158. The van der Waals surface area contributed by atoms with E-state index >= 15 is 0 Å². The van der Waals surface area contributed by atoms with Gasteiger partial charge in [0.1, 0.15) is 11.6 Å². The van der Waals surface area contributed by atoms with Crippen molar-refractivity contribution in [2.45, 2.75) is 58.0 Å². The number of nitrogens with zero attached hydrogens (tertiary/aromatic N) is 1. The molecule has 170 valence electrons. The van der Waals surface area contributed by atoms with Gasteiger partial charge in [-0.15, -0.1) is 0 Å². The number of Topliss-reactive ketones (excluding diaryl/α,β-unsaturated/α-hetero) is 1. The molecule has 1 unspecified atom stereocenters. The number of carbonyl (C=O) groups excluding carboxylic acids is 4. The first-order chi connectivity index (χ1) is 14.6. The van der Waals surface area contributed by atoms with Crippen LogP contribution in [-0.2, 0) is 29.4 Å². The summed E-state index contributed by atoms with van der Waals surface area (Å²) in [6.07, 6.45) is 1.41. The molecule has 0 bridgehead atoms. The van der Waals surface area contributed by atoms with Crippen LogP contribution in [0.2, 0.25) is 5.02 Å². The van der Waals surface area contributed by atoms with Gasteiger partial charge in [-0.2, -0.15) is 0 Å². The number of likely N-dealkylation sites (N-methyl/N-ethyl adjacent to an activating group) is 1. The lowest BCUT2D eigenvalue weighted by Gasteiger charge is -2.43. The third kappa shape index (κ3) is 5.55. The zero-order valence-electron chi connectivity index (χ0n) is 18.3. The van der Waals surface area contributed by atoms with E-state index in [1.165, 1.54) is 18.9 Å². The number of hydrogen-bond acceptors (Lipinski definition) is 6. The van der Waals surface area contributed by atoms with Crippen molar-refractivity contribution in [3.8, 4) is 0 Å². The van der Waals surface area contributed by atoms with Gasteiger partial charge in [0.25, 0.3) is 0 Å². The number of nitrogens with one attached hydrogen (secondary N) is 1. The lowest BCUT2D eigenvalue weighted by Crippen LogP contribution is -2.54. The summed E-state index contributed by atoms with van der Waals surface area (Å²) in [6, 6.07) is 6.07. The fraction of sp³-hybridized carbons (Fsp3) is 0.545. The van der Waals surface area contributed by atoms with Gasteiger partial charge in [0, 0.05) is 31.0 Å². The molecular formula is C22H29ClN2O6. The number of hydrogen-bond donors (Lipinski definition) is 1. The lowest BCUT2D eigenvalue weighted by atomic mass is 9.74. The summed E-state index contributed by atoms with van der Waals surface area (Å²) in [5, 5.41) is 2.90. The number of ether oxygens (including phenoxy) is 2. The maximum absolute atomic E-state index is 13.0. The maximum Gasteiger partial charge on any atom is 0.413 e. The first-order valence-electron chi connectivity index (χ1n) is 10.2. The molecule has 9 heteroatoms. The molecule has 2 amide bonds. The van der Waals surface area contributed by atoms with Crippen molar-refractivity contribution in [2.75, 3.05) is 13.8 Å². The van der Waals surface area contributed by atoms with E-state index in [9.17, 15) is 19.2 Å². The van der Waals surface area contributed by atoms with E-state index in [0.717, 1.165) is 12.8 Å². The average molecular weight is 453 g/mol. The quantitative estimate of drug-likeness (QED) is 0.502. The first kappa shape index (κ1) is 24.7. The summed E-state index contributed by atoms with van der Waals surface area (Å²) in [5.41, 5.74) is -0.697. The Morgan fingerprint density at radius 3 is 2.45 bits per heavy atom. The highest BCUT2D eigenvalue weighted by Crippen LogP contribution is 2.42. The van der Waals surface area contributed by atoms with Crippen molar-refractivity contribution >= 4 is 35.4 Å². The van der Waals surface area contributed by atoms with Gasteiger partial charge < -0.3 is 14.8 Å². The minimum absolute atomic E-state index is 0.117. The fourth-order valence-corrected chi connectivity index (χ4v) is 4.12. The predicted molar refractivity (Wildman–Crippen MR) is 114 cm³/mol. The van der Waals surface area contributed by atoms with Gasteiger partial charge in [0.2, 0.25) is 12.7 Å². The number of carbonyl (C=O) groups is 4. The molecule has 0 aromatic heterocycles. The molecule has 0 spiro atoms. The van der Waals surface area contributed by atoms with Crippen LogP contribution in [0.25, 0.3) is 0 Å². The highest BCUT2D eigenvalue weighted by atomic mass is 35.5. The molecule has 1 N–H and O–H groups in total.